The van der Waals surface area contributed by atoms with Crippen LogP contribution in [0.15, 0.2) is 0 Å². The highest BCUT2D eigenvalue weighted by Crippen LogP contribution is 2.00. The van der Waals surface area contributed by atoms with Gasteiger partial charge in [-0.1, -0.05) is 0 Å². The van der Waals surface area contributed by atoms with Gasteiger partial charge < -0.3 is 37.6 Å². The molecule has 0 saturated carbocycles. The van der Waals surface area contributed by atoms with Gasteiger partial charge in [0.05, 0.1) is 6.10 Å². The number of thiol groups is 1. The molecule has 0 aliphatic rings. The van der Waals surface area contributed by atoms with Gasteiger partial charge in [0, 0.05) is 12.2 Å². The highest BCUT2D eigenvalue weighted by molar-refractivity contribution is 7.80. The molecule has 5 unspecified atom stereocenters. The maximum Gasteiger partial charge on any atom is 0.326 e. The molecule has 0 aromatic carbocycles. The molecule has 13 heteroatoms. The van der Waals surface area contributed by atoms with Crippen LogP contribution in [0.1, 0.15) is 26.7 Å². The standard InChI is InChI=1S/C15H27N5O7S/c1-6(18-14(25)11(17)7(2)21)12(23)20-9(5-28)13(24)19-8(15(26)27)3-4-10(16)22/h6-9,11,21,28H,3-5,17H2,1-2H3,(H2,16,22)(H,18,25)(H,19,24)(H,20,23)(H,26,27). The van der Waals surface area contributed by atoms with Crippen molar-refractivity contribution in [2.24, 2.45) is 11.5 Å². The molecule has 0 saturated heterocycles. The first-order valence-electron chi connectivity index (χ1n) is 8.37. The number of carboxylic acids is 1. The van der Waals surface area contributed by atoms with Gasteiger partial charge in [0.15, 0.2) is 0 Å². The third-order valence-electron chi connectivity index (χ3n) is 3.68. The summed E-state index contributed by atoms with van der Waals surface area (Å²) in [5.74, 6) is -4.59. The predicted octanol–water partition coefficient (Wildman–Crippen LogP) is -3.55. The van der Waals surface area contributed by atoms with Crippen molar-refractivity contribution in [3.8, 4) is 0 Å². The number of aliphatic hydroxyl groups excluding tert-OH is 1. The smallest absolute Gasteiger partial charge is 0.326 e. The van der Waals surface area contributed by atoms with Crippen molar-refractivity contribution in [2.45, 2.75) is 57.0 Å². The van der Waals surface area contributed by atoms with Gasteiger partial charge >= 0.3 is 5.97 Å². The van der Waals surface area contributed by atoms with Crippen LogP contribution in [0, 0.1) is 0 Å². The number of nitrogens with one attached hydrogen (secondary N) is 3. The number of amides is 4. The summed E-state index contributed by atoms with van der Waals surface area (Å²) in [6.45, 7) is 2.65. The number of carbonyl (C=O) groups excluding carboxylic acids is 4. The van der Waals surface area contributed by atoms with Gasteiger partial charge in [-0.15, -0.1) is 0 Å². The molecule has 0 rings (SSSR count). The lowest BCUT2D eigenvalue weighted by Gasteiger charge is -2.23. The van der Waals surface area contributed by atoms with Gasteiger partial charge in [-0.05, 0) is 20.3 Å². The minimum atomic E-state index is -1.37. The number of nitrogens with two attached hydrogens (primary N) is 2. The minimum absolute atomic E-state index is 0.159. The van der Waals surface area contributed by atoms with Gasteiger partial charge in [0.1, 0.15) is 24.2 Å². The number of hydrogen-bond donors (Lipinski definition) is 8. The summed E-state index contributed by atoms with van der Waals surface area (Å²) < 4.78 is 0. The van der Waals surface area contributed by atoms with Gasteiger partial charge in [0.2, 0.25) is 23.6 Å². The molecule has 0 aliphatic carbocycles. The van der Waals surface area contributed by atoms with Crippen LogP contribution in [0.5, 0.6) is 0 Å². The summed E-state index contributed by atoms with van der Waals surface area (Å²) in [4.78, 5) is 58.1. The highest BCUT2D eigenvalue weighted by atomic mass is 32.1. The Morgan fingerprint density at radius 3 is 1.93 bits per heavy atom. The average molecular weight is 421 g/mol. The molecule has 5 atom stereocenters. The molecule has 12 nitrogen and oxygen atoms in total. The van der Waals surface area contributed by atoms with Crippen LogP contribution in [-0.4, -0.2) is 75.8 Å². The Labute approximate surface area is 167 Å². The number of aliphatic hydroxyl groups is 1. The van der Waals surface area contributed by atoms with Crippen molar-refractivity contribution < 1.29 is 34.2 Å². The van der Waals surface area contributed by atoms with Crippen LogP contribution < -0.4 is 27.4 Å². The van der Waals surface area contributed by atoms with Gasteiger partial charge in [-0.25, -0.2) is 4.79 Å². The fraction of sp³-hybridized carbons (Fsp3) is 0.667. The number of primary amides is 1. The molecule has 0 bridgehead atoms. The molecule has 0 fully saturated rings. The number of hydrogen-bond acceptors (Lipinski definition) is 8. The number of carbonyl (C=O) groups is 5. The molecule has 9 N–H and O–H groups in total. The van der Waals surface area contributed by atoms with Crippen molar-refractivity contribution in [2.75, 3.05) is 5.75 Å². The zero-order valence-electron chi connectivity index (χ0n) is 15.5. The molecule has 160 valence electrons. The third kappa shape index (κ3) is 9.01. The first-order chi connectivity index (χ1) is 12.9. The van der Waals surface area contributed by atoms with E-state index >= 15 is 0 Å². The number of aliphatic carboxylic acids is 1. The predicted molar refractivity (Wildman–Crippen MR) is 101 cm³/mol. The zero-order chi connectivity index (χ0) is 22.0. The van der Waals surface area contributed by atoms with Crippen molar-refractivity contribution in [3.05, 3.63) is 0 Å². The lowest BCUT2D eigenvalue weighted by Crippen LogP contribution is -2.57. The van der Waals surface area contributed by atoms with Gasteiger partial charge in [0.25, 0.3) is 0 Å². The third-order valence-corrected chi connectivity index (χ3v) is 4.05. The zero-order valence-corrected chi connectivity index (χ0v) is 16.4. The van der Waals surface area contributed by atoms with E-state index in [1.165, 1.54) is 13.8 Å². The first kappa shape index (κ1) is 25.6. The summed E-state index contributed by atoms with van der Waals surface area (Å²) in [6, 6.07) is -4.89. The Hall–Kier alpha value is -2.38. The molecular formula is C15H27N5O7S. The Kier molecular flexibility index (Phi) is 11.1. The summed E-state index contributed by atoms with van der Waals surface area (Å²) in [7, 11) is 0. The van der Waals surface area contributed by atoms with Gasteiger partial charge in [-0.2, -0.15) is 12.6 Å². The van der Waals surface area contributed by atoms with Crippen LogP contribution in [0.4, 0.5) is 0 Å². The molecule has 4 amide bonds. The van der Waals surface area contributed by atoms with Crippen LogP contribution in [0.3, 0.4) is 0 Å². The van der Waals surface area contributed by atoms with E-state index in [2.05, 4.69) is 28.6 Å². The molecule has 0 radical (unpaired) electrons. The second-order valence-corrected chi connectivity index (χ2v) is 6.51. The second kappa shape index (κ2) is 12.2. The van der Waals surface area contributed by atoms with E-state index in [0.717, 1.165) is 0 Å². The SMILES string of the molecule is CC(NC(=O)C(N)C(C)O)C(=O)NC(CS)C(=O)NC(CCC(N)=O)C(=O)O. The van der Waals surface area contributed by atoms with Crippen LogP contribution in [-0.2, 0) is 24.0 Å². The van der Waals surface area contributed by atoms with Crippen molar-refractivity contribution >= 4 is 42.2 Å². The lowest BCUT2D eigenvalue weighted by molar-refractivity contribution is -0.142. The van der Waals surface area contributed by atoms with E-state index in [-0.39, 0.29) is 18.6 Å². The van der Waals surface area contributed by atoms with Crippen molar-refractivity contribution in [3.63, 3.8) is 0 Å². The number of rotatable bonds is 12. The second-order valence-electron chi connectivity index (χ2n) is 6.14. The fourth-order valence-corrected chi connectivity index (χ4v) is 2.16. The molecule has 0 aromatic rings. The summed E-state index contributed by atoms with van der Waals surface area (Å²) in [6.07, 6.45) is -1.59. The van der Waals surface area contributed by atoms with E-state index in [9.17, 15) is 29.1 Å². The van der Waals surface area contributed by atoms with Crippen molar-refractivity contribution in [1.82, 2.24) is 16.0 Å². The van der Waals surface area contributed by atoms with E-state index in [1.54, 1.807) is 0 Å². The summed E-state index contributed by atoms with van der Waals surface area (Å²) >= 11 is 3.95. The monoisotopic (exact) mass is 421 g/mol. The van der Waals surface area contributed by atoms with E-state index in [4.69, 9.17) is 16.6 Å². The highest BCUT2D eigenvalue weighted by Gasteiger charge is 2.28. The fourth-order valence-electron chi connectivity index (χ4n) is 1.90. The largest absolute Gasteiger partial charge is 0.480 e. The average Bonchev–Trinajstić information content (AvgIpc) is 2.60. The quantitative estimate of drug-likeness (QED) is 0.147. The molecule has 28 heavy (non-hydrogen) atoms. The van der Waals surface area contributed by atoms with Crippen LogP contribution >= 0.6 is 12.6 Å². The molecule has 0 spiro atoms. The van der Waals surface area contributed by atoms with E-state index in [1.807, 2.05) is 0 Å². The maximum absolute atomic E-state index is 12.2. The molecule has 0 heterocycles. The summed E-state index contributed by atoms with van der Waals surface area (Å²) in [5, 5.41) is 25.2. The Morgan fingerprint density at radius 2 is 1.50 bits per heavy atom. The van der Waals surface area contributed by atoms with Crippen LogP contribution in [0.2, 0.25) is 0 Å². The van der Waals surface area contributed by atoms with E-state index < -0.39 is 59.9 Å². The Bertz CT molecular complexity index is 601. The first-order valence-corrected chi connectivity index (χ1v) is 9.00. The lowest BCUT2D eigenvalue weighted by atomic mass is 10.1. The molecule has 0 aromatic heterocycles. The Balaban J connectivity index is 4.85. The normalized spacial score (nSPS) is 16.0. The van der Waals surface area contributed by atoms with Crippen molar-refractivity contribution in [1.29, 1.82) is 0 Å². The maximum atomic E-state index is 12.2. The Morgan fingerprint density at radius 1 is 0.964 bits per heavy atom. The van der Waals surface area contributed by atoms with E-state index in [0.29, 0.717) is 0 Å². The van der Waals surface area contributed by atoms with Crippen LogP contribution in [0.25, 0.3) is 0 Å². The topological polar surface area (TPSA) is 214 Å². The molecule has 0 aliphatic heterocycles. The van der Waals surface area contributed by atoms with Gasteiger partial charge in [-0.3, -0.25) is 19.2 Å². The minimum Gasteiger partial charge on any atom is -0.480 e. The molecular weight excluding hydrogens is 394 g/mol. The summed E-state index contributed by atoms with van der Waals surface area (Å²) in [5.41, 5.74) is 10.4. The number of carboxylic acid groups (broad SMARTS) is 1.